The summed E-state index contributed by atoms with van der Waals surface area (Å²) in [6.45, 7) is 2.06. The van der Waals surface area contributed by atoms with Gasteiger partial charge in [0.2, 0.25) is 11.8 Å². The fraction of sp³-hybridized carbons (Fsp3) is 0.562. The second-order valence-corrected chi connectivity index (χ2v) is 5.56. The van der Waals surface area contributed by atoms with E-state index < -0.39 is 0 Å². The van der Waals surface area contributed by atoms with Crippen LogP contribution in [0.15, 0.2) is 29.2 Å². The average molecular weight is 305 g/mol. The lowest BCUT2D eigenvalue weighted by molar-refractivity contribution is -0.130. The van der Waals surface area contributed by atoms with Crippen molar-refractivity contribution in [3.63, 3.8) is 0 Å². The molecular weight excluding hydrogens is 282 g/mol. The van der Waals surface area contributed by atoms with Gasteiger partial charge in [-0.25, -0.2) is 0 Å². The maximum absolute atomic E-state index is 11.8. The molecule has 0 bridgehead atoms. The zero-order valence-corrected chi connectivity index (χ0v) is 12.8. The summed E-state index contributed by atoms with van der Waals surface area (Å²) >= 11 is 0. The Hall–Kier alpha value is -2.11. The second kappa shape index (κ2) is 8.36. The molecular formula is C16H23N3O3. The minimum absolute atomic E-state index is 0.0301. The first kappa shape index (κ1) is 16.3. The van der Waals surface area contributed by atoms with Gasteiger partial charge in [-0.2, -0.15) is 0 Å². The Bertz CT molecular complexity index is 568. The zero-order valence-electron chi connectivity index (χ0n) is 12.8. The first-order valence-electron chi connectivity index (χ1n) is 7.87. The molecule has 1 aliphatic rings. The third-order valence-corrected chi connectivity index (χ3v) is 3.81. The highest BCUT2D eigenvalue weighted by molar-refractivity contribution is 5.76. The van der Waals surface area contributed by atoms with Gasteiger partial charge in [0.25, 0.3) is 5.56 Å². The predicted molar refractivity (Wildman–Crippen MR) is 83.4 cm³/mol. The van der Waals surface area contributed by atoms with Gasteiger partial charge < -0.3 is 14.8 Å². The fourth-order valence-corrected chi connectivity index (χ4v) is 2.57. The topological polar surface area (TPSA) is 71.4 Å². The highest BCUT2D eigenvalue weighted by atomic mass is 16.2. The number of nitrogens with zero attached hydrogens (tertiary/aromatic N) is 2. The van der Waals surface area contributed by atoms with Gasteiger partial charge in [-0.15, -0.1) is 0 Å². The number of carbonyl (C=O) groups is 2. The van der Waals surface area contributed by atoms with Crippen molar-refractivity contribution < 1.29 is 9.59 Å². The van der Waals surface area contributed by atoms with Crippen molar-refractivity contribution in [2.45, 2.75) is 38.6 Å². The number of pyridine rings is 1. The van der Waals surface area contributed by atoms with Crippen molar-refractivity contribution in [3.8, 4) is 0 Å². The Morgan fingerprint density at radius 3 is 2.86 bits per heavy atom. The van der Waals surface area contributed by atoms with E-state index in [0.717, 1.165) is 32.2 Å². The van der Waals surface area contributed by atoms with Crippen molar-refractivity contribution in [1.82, 2.24) is 14.8 Å². The molecule has 0 aromatic carbocycles. The molecule has 0 spiro atoms. The number of amides is 2. The van der Waals surface area contributed by atoms with Crippen LogP contribution in [0.2, 0.25) is 0 Å². The summed E-state index contributed by atoms with van der Waals surface area (Å²) in [5.41, 5.74) is -0.187. The van der Waals surface area contributed by atoms with Gasteiger partial charge in [0.1, 0.15) is 6.54 Å². The molecule has 6 nitrogen and oxygen atoms in total. The van der Waals surface area contributed by atoms with Crippen LogP contribution in [0.4, 0.5) is 0 Å². The van der Waals surface area contributed by atoms with Crippen molar-refractivity contribution in [2.75, 3.05) is 19.6 Å². The molecule has 0 aliphatic carbocycles. The second-order valence-electron chi connectivity index (χ2n) is 5.56. The molecule has 1 fully saturated rings. The largest absolute Gasteiger partial charge is 0.354 e. The summed E-state index contributed by atoms with van der Waals surface area (Å²) in [5.74, 6) is 0.0372. The van der Waals surface area contributed by atoms with Crippen LogP contribution in [0, 0.1) is 0 Å². The van der Waals surface area contributed by atoms with Crippen molar-refractivity contribution in [1.29, 1.82) is 0 Å². The minimum Gasteiger partial charge on any atom is -0.354 e. The maximum Gasteiger partial charge on any atom is 0.250 e. The first-order chi connectivity index (χ1) is 10.7. The molecule has 2 rings (SSSR count). The molecule has 6 heteroatoms. The van der Waals surface area contributed by atoms with E-state index in [1.54, 1.807) is 18.3 Å². The van der Waals surface area contributed by atoms with E-state index in [0.29, 0.717) is 19.5 Å². The summed E-state index contributed by atoms with van der Waals surface area (Å²) < 4.78 is 1.37. The lowest BCUT2D eigenvalue weighted by Crippen LogP contribution is -2.35. The average Bonchev–Trinajstić information content (AvgIpc) is 2.71. The summed E-state index contributed by atoms with van der Waals surface area (Å²) in [7, 11) is 0. The van der Waals surface area contributed by atoms with E-state index in [-0.39, 0.29) is 23.9 Å². The molecule has 1 aromatic rings. The molecule has 1 saturated heterocycles. The van der Waals surface area contributed by atoms with Gasteiger partial charge in [0, 0.05) is 38.3 Å². The molecule has 0 atom stereocenters. The summed E-state index contributed by atoms with van der Waals surface area (Å²) in [4.78, 5) is 37.0. The van der Waals surface area contributed by atoms with Gasteiger partial charge in [-0.05, 0) is 25.3 Å². The van der Waals surface area contributed by atoms with Crippen LogP contribution >= 0.6 is 0 Å². The Balaban J connectivity index is 1.68. The molecule has 2 heterocycles. The fourth-order valence-electron chi connectivity index (χ4n) is 2.57. The van der Waals surface area contributed by atoms with Crippen LogP contribution in [0.25, 0.3) is 0 Å². The number of nitrogens with one attached hydrogen (secondary N) is 1. The van der Waals surface area contributed by atoms with Gasteiger partial charge in [0.05, 0.1) is 0 Å². The lowest BCUT2D eigenvalue weighted by atomic mass is 10.2. The molecule has 120 valence electrons. The number of carbonyl (C=O) groups excluding carboxylic acids is 2. The van der Waals surface area contributed by atoms with Crippen LogP contribution < -0.4 is 10.9 Å². The first-order valence-corrected chi connectivity index (χ1v) is 7.87. The third-order valence-electron chi connectivity index (χ3n) is 3.81. The maximum atomic E-state index is 11.8. The minimum atomic E-state index is -0.187. The third kappa shape index (κ3) is 5.02. The Kier molecular flexibility index (Phi) is 6.18. The Labute approximate surface area is 130 Å². The Morgan fingerprint density at radius 1 is 1.18 bits per heavy atom. The highest BCUT2D eigenvalue weighted by Crippen LogP contribution is 2.11. The van der Waals surface area contributed by atoms with Crippen LogP contribution in [-0.4, -0.2) is 40.9 Å². The van der Waals surface area contributed by atoms with E-state index in [1.807, 2.05) is 4.90 Å². The van der Waals surface area contributed by atoms with Crippen molar-refractivity contribution >= 4 is 11.8 Å². The van der Waals surface area contributed by atoms with Crippen molar-refractivity contribution in [2.24, 2.45) is 0 Å². The van der Waals surface area contributed by atoms with Gasteiger partial charge >= 0.3 is 0 Å². The Morgan fingerprint density at radius 2 is 2.05 bits per heavy atom. The van der Waals surface area contributed by atoms with Gasteiger partial charge in [-0.1, -0.05) is 12.5 Å². The quantitative estimate of drug-likeness (QED) is 0.789. The molecule has 1 aromatic heterocycles. The van der Waals surface area contributed by atoms with E-state index in [2.05, 4.69) is 5.32 Å². The number of hydrogen-bond donors (Lipinski definition) is 1. The summed E-state index contributed by atoms with van der Waals surface area (Å²) in [6.07, 6.45) is 6.14. The summed E-state index contributed by atoms with van der Waals surface area (Å²) in [5, 5.41) is 2.79. The van der Waals surface area contributed by atoms with Crippen LogP contribution in [0.5, 0.6) is 0 Å². The van der Waals surface area contributed by atoms with Gasteiger partial charge in [0.15, 0.2) is 0 Å². The zero-order chi connectivity index (χ0) is 15.8. The number of aromatic nitrogens is 1. The summed E-state index contributed by atoms with van der Waals surface area (Å²) in [6, 6.07) is 4.80. The number of likely N-dealkylation sites (tertiary alicyclic amines) is 1. The van der Waals surface area contributed by atoms with E-state index in [9.17, 15) is 14.4 Å². The SMILES string of the molecule is O=C(Cn1ccccc1=O)NCCCN1CCCCCC1=O. The molecule has 1 N–H and O–H groups in total. The number of rotatable bonds is 6. The number of hydrogen-bond acceptors (Lipinski definition) is 3. The van der Waals surface area contributed by atoms with E-state index >= 15 is 0 Å². The van der Waals surface area contributed by atoms with Crippen molar-refractivity contribution in [3.05, 3.63) is 34.7 Å². The monoisotopic (exact) mass is 305 g/mol. The predicted octanol–water partition coefficient (Wildman–Crippen LogP) is 0.757. The van der Waals surface area contributed by atoms with Gasteiger partial charge in [-0.3, -0.25) is 14.4 Å². The highest BCUT2D eigenvalue weighted by Gasteiger charge is 2.15. The normalized spacial score (nSPS) is 15.5. The smallest absolute Gasteiger partial charge is 0.250 e. The van der Waals surface area contributed by atoms with E-state index in [1.165, 1.54) is 10.6 Å². The molecule has 0 radical (unpaired) electrons. The molecule has 2 amide bonds. The molecule has 1 aliphatic heterocycles. The lowest BCUT2D eigenvalue weighted by Gasteiger charge is -2.20. The van der Waals surface area contributed by atoms with Crippen LogP contribution in [0.1, 0.15) is 32.1 Å². The van der Waals surface area contributed by atoms with Crippen LogP contribution in [-0.2, 0) is 16.1 Å². The molecule has 22 heavy (non-hydrogen) atoms. The molecule has 0 unspecified atom stereocenters. The van der Waals surface area contributed by atoms with Crippen LogP contribution in [0.3, 0.4) is 0 Å². The molecule has 0 saturated carbocycles. The van der Waals surface area contributed by atoms with E-state index in [4.69, 9.17) is 0 Å². The standard InChI is InChI=1S/C16H23N3O3/c20-14(13-19-11-5-3-8-16(19)22)17-9-6-12-18-10-4-1-2-7-15(18)21/h3,5,8,11H,1-2,4,6-7,9-10,12-13H2,(H,17,20).